The molecule has 0 N–H and O–H groups in total. The second-order valence-electron chi connectivity index (χ2n) is 7.97. The van der Waals surface area contributed by atoms with Gasteiger partial charge in [-0.25, -0.2) is 0 Å². The highest BCUT2D eigenvalue weighted by atomic mass is 16.6. The van der Waals surface area contributed by atoms with E-state index in [1.54, 1.807) is 19.1 Å². The van der Waals surface area contributed by atoms with Crippen molar-refractivity contribution in [3.8, 4) is 0 Å². The third kappa shape index (κ3) is 2.71. The molecule has 0 saturated heterocycles. The van der Waals surface area contributed by atoms with E-state index in [0.29, 0.717) is 5.56 Å². The summed E-state index contributed by atoms with van der Waals surface area (Å²) in [4.78, 5) is 25.1. The molecular formula is C20H24O3. The quantitative estimate of drug-likeness (QED) is 0.479. The highest BCUT2D eigenvalue weighted by Gasteiger charge is 2.53. The molecule has 0 spiro atoms. The normalized spacial score (nSPS) is 35.8. The number of carbonyl (C=O) groups is 2. The van der Waals surface area contributed by atoms with E-state index < -0.39 is 5.92 Å². The maximum atomic E-state index is 12.6. The Labute approximate surface area is 137 Å². The zero-order valence-electron chi connectivity index (χ0n) is 13.7. The van der Waals surface area contributed by atoms with Gasteiger partial charge in [0.25, 0.3) is 0 Å². The predicted octanol–water partition coefficient (Wildman–Crippen LogP) is 4.02. The largest absolute Gasteiger partial charge is 0.458 e. The van der Waals surface area contributed by atoms with Crippen molar-refractivity contribution >= 4 is 11.8 Å². The highest BCUT2D eigenvalue weighted by Crippen LogP contribution is 2.57. The molecule has 1 atom stereocenters. The summed E-state index contributed by atoms with van der Waals surface area (Å²) in [5.41, 5.74) is 0.319. The first-order chi connectivity index (χ1) is 11.0. The van der Waals surface area contributed by atoms with E-state index >= 15 is 0 Å². The molecule has 4 bridgehead atoms. The fourth-order valence-electron chi connectivity index (χ4n) is 5.42. The molecule has 1 aromatic carbocycles. The summed E-state index contributed by atoms with van der Waals surface area (Å²) >= 11 is 0. The predicted molar refractivity (Wildman–Crippen MR) is 86.9 cm³/mol. The minimum atomic E-state index is -0.717. The van der Waals surface area contributed by atoms with Gasteiger partial charge in [0.15, 0.2) is 5.78 Å². The Kier molecular flexibility index (Phi) is 3.55. The van der Waals surface area contributed by atoms with Gasteiger partial charge in [-0.15, -0.1) is 0 Å². The summed E-state index contributed by atoms with van der Waals surface area (Å²) in [6, 6.07) is 9.04. The van der Waals surface area contributed by atoms with Gasteiger partial charge < -0.3 is 4.74 Å². The van der Waals surface area contributed by atoms with Crippen LogP contribution in [0.15, 0.2) is 30.3 Å². The molecule has 1 aromatic rings. The van der Waals surface area contributed by atoms with Crippen molar-refractivity contribution in [3.63, 3.8) is 0 Å². The summed E-state index contributed by atoms with van der Waals surface area (Å²) in [7, 11) is 0. The fourth-order valence-corrected chi connectivity index (χ4v) is 5.42. The van der Waals surface area contributed by atoms with Crippen LogP contribution in [0.4, 0.5) is 0 Å². The van der Waals surface area contributed by atoms with Crippen molar-refractivity contribution in [2.24, 2.45) is 23.7 Å². The fraction of sp³-hybridized carbons (Fsp3) is 0.600. The number of esters is 1. The van der Waals surface area contributed by atoms with Crippen LogP contribution in [0.2, 0.25) is 0 Å². The maximum Gasteiger partial charge on any atom is 0.317 e. The van der Waals surface area contributed by atoms with E-state index in [1.165, 1.54) is 19.3 Å². The average Bonchev–Trinajstić information content (AvgIpc) is 2.52. The van der Waals surface area contributed by atoms with E-state index in [-0.39, 0.29) is 17.4 Å². The zero-order chi connectivity index (χ0) is 16.0. The molecule has 3 nitrogen and oxygen atoms in total. The number of carbonyl (C=O) groups excluding carboxylic acids is 2. The van der Waals surface area contributed by atoms with E-state index in [4.69, 9.17) is 4.74 Å². The number of benzene rings is 1. The molecular weight excluding hydrogens is 288 g/mol. The van der Waals surface area contributed by atoms with Gasteiger partial charge in [0.1, 0.15) is 11.5 Å². The first-order valence-corrected chi connectivity index (χ1v) is 8.87. The number of ether oxygens (including phenoxy) is 1. The standard InChI is InChI=1S/C20H24O3/c1-13(18(21)17-5-3-2-4-6-17)19(22)23-20-10-14-7-15(11-20)9-16(8-14)12-20/h2-6,13-16H,7-12H2,1H3. The lowest BCUT2D eigenvalue weighted by molar-refractivity contribution is -0.188. The smallest absolute Gasteiger partial charge is 0.317 e. The van der Waals surface area contributed by atoms with Gasteiger partial charge in [-0.05, 0) is 63.2 Å². The Balaban J connectivity index is 1.46. The first-order valence-electron chi connectivity index (χ1n) is 8.87. The molecule has 3 heteroatoms. The third-order valence-corrected chi connectivity index (χ3v) is 6.10. The van der Waals surface area contributed by atoms with Crippen LogP contribution in [-0.4, -0.2) is 17.4 Å². The molecule has 4 saturated carbocycles. The minimum absolute atomic E-state index is 0.139. The molecule has 0 heterocycles. The molecule has 1 unspecified atom stereocenters. The lowest BCUT2D eigenvalue weighted by Crippen LogP contribution is -2.53. The van der Waals surface area contributed by atoms with Gasteiger partial charge in [0.2, 0.25) is 0 Å². The lowest BCUT2D eigenvalue weighted by Gasteiger charge is -2.55. The Morgan fingerprint density at radius 1 is 1.00 bits per heavy atom. The Bertz CT molecular complexity index is 584. The molecule has 4 aliphatic carbocycles. The van der Waals surface area contributed by atoms with Gasteiger partial charge in [-0.2, -0.15) is 0 Å². The molecule has 122 valence electrons. The van der Waals surface area contributed by atoms with Gasteiger partial charge in [0, 0.05) is 5.56 Å². The van der Waals surface area contributed by atoms with E-state index in [1.807, 2.05) is 18.2 Å². The van der Waals surface area contributed by atoms with Gasteiger partial charge in [-0.1, -0.05) is 30.3 Å². The summed E-state index contributed by atoms with van der Waals surface area (Å²) in [6.07, 6.45) is 6.98. The summed E-state index contributed by atoms with van der Waals surface area (Å²) in [5.74, 6) is 1.00. The Hall–Kier alpha value is -1.64. The number of hydrogen-bond acceptors (Lipinski definition) is 3. The SMILES string of the molecule is CC(C(=O)OC12CC3CC(CC(C3)C1)C2)C(=O)c1ccccc1. The van der Waals surface area contributed by atoms with Gasteiger partial charge in [0.05, 0.1) is 0 Å². The molecule has 0 radical (unpaired) electrons. The highest BCUT2D eigenvalue weighted by molar-refractivity contribution is 6.08. The van der Waals surface area contributed by atoms with Gasteiger partial charge in [-0.3, -0.25) is 9.59 Å². The zero-order valence-corrected chi connectivity index (χ0v) is 13.7. The topological polar surface area (TPSA) is 43.4 Å². The molecule has 4 fully saturated rings. The number of rotatable bonds is 4. The van der Waals surface area contributed by atoms with Crippen molar-refractivity contribution in [1.82, 2.24) is 0 Å². The van der Waals surface area contributed by atoms with E-state index in [2.05, 4.69) is 0 Å². The maximum absolute atomic E-state index is 12.6. The Morgan fingerprint density at radius 3 is 2.04 bits per heavy atom. The number of Topliss-reactive ketones (excluding diaryl/α,β-unsaturated/α-hetero) is 1. The second-order valence-corrected chi connectivity index (χ2v) is 7.97. The monoisotopic (exact) mass is 312 g/mol. The molecule has 4 aliphatic rings. The van der Waals surface area contributed by atoms with Crippen LogP contribution < -0.4 is 0 Å². The van der Waals surface area contributed by atoms with E-state index in [0.717, 1.165) is 37.0 Å². The van der Waals surface area contributed by atoms with Crippen molar-refractivity contribution in [2.75, 3.05) is 0 Å². The van der Waals surface area contributed by atoms with Crippen molar-refractivity contribution in [3.05, 3.63) is 35.9 Å². The summed E-state index contributed by atoms with van der Waals surface area (Å²) in [5, 5.41) is 0. The Morgan fingerprint density at radius 2 is 1.52 bits per heavy atom. The van der Waals surface area contributed by atoms with E-state index in [9.17, 15) is 9.59 Å². The number of hydrogen-bond donors (Lipinski definition) is 0. The summed E-state index contributed by atoms with van der Waals surface area (Å²) < 4.78 is 6.00. The molecule has 0 aromatic heterocycles. The van der Waals surface area contributed by atoms with Gasteiger partial charge >= 0.3 is 5.97 Å². The third-order valence-electron chi connectivity index (χ3n) is 6.10. The molecule has 0 amide bonds. The average molecular weight is 312 g/mol. The lowest BCUT2D eigenvalue weighted by atomic mass is 9.54. The second kappa shape index (κ2) is 5.47. The van der Waals surface area contributed by atoms with Crippen molar-refractivity contribution < 1.29 is 14.3 Å². The summed E-state index contributed by atoms with van der Waals surface area (Å²) in [6.45, 7) is 1.68. The first kappa shape index (κ1) is 14.9. The molecule has 23 heavy (non-hydrogen) atoms. The minimum Gasteiger partial charge on any atom is -0.458 e. The van der Waals surface area contributed by atoms with Crippen LogP contribution >= 0.6 is 0 Å². The van der Waals surface area contributed by atoms with Crippen LogP contribution in [-0.2, 0) is 9.53 Å². The van der Waals surface area contributed by atoms with Crippen molar-refractivity contribution in [1.29, 1.82) is 0 Å². The molecule has 5 rings (SSSR count). The molecule has 0 aliphatic heterocycles. The number of ketones is 1. The van der Waals surface area contributed by atoms with Crippen molar-refractivity contribution in [2.45, 2.75) is 51.0 Å². The van der Waals surface area contributed by atoms with Crippen LogP contribution in [0, 0.1) is 23.7 Å². The van der Waals surface area contributed by atoms with Crippen LogP contribution in [0.1, 0.15) is 55.8 Å². The van der Waals surface area contributed by atoms with Crippen LogP contribution in [0.3, 0.4) is 0 Å². The van der Waals surface area contributed by atoms with Crippen LogP contribution in [0.25, 0.3) is 0 Å². The van der Waals surface area contributed by atoms with Crippen LogP contribution in [0.5, 0.6) is 0 Å².